The zero-order valence-corrected chi connectivity index (χ0v) is 14.4. The second-order valence-electron chi connectivity index (χ2n) is 5.69. The van der Waals surface area contributed by atoms with Crippen molar-refractivity contribution in [2.24, 2.45) is 0 Å². The van der Waals surface area contributed by atoms with Crippen LogP contribution in [0, 0.1) is 17.5 Å². The van der Waals surface area contributed by atoms with Crippen LogP contribution in [0.25, 0.3) is 0 Å². The number of carboxylic acids is 1. The summed E-state index contributed by atoms with van der Waals surface area (Å²) in [5.74, 6) is -6.61. The van der Waals surface area contributed by atoms with Crippen LogP contribution in [0.2, 0.25) is 0 Å². The van der Waals surface area contributed by atoms with Crippen molar-refractivity contribution in [1.82, 2.24) is 4.90 Å². The molecule has 144 valence electrons. The fourth-order valence-electron chi connectivity index (χ4n) is 2.26. The third-order valence-corrected chi connectivity index (χ3v) is 3.52. The largest absolute Gasteiger partial charge is 0.481 e. The van der Waals surface area contributed by atoms with E-state index in [9.17, 15) is 27.6 Å². The Morgan fingerprint density at radius 3 is 2.35 bits per heavy atom. The Morgan fingerprint density at radius 1 is 1.08 bits per heavy atom. The second kappa shape index (κ2) is 10.4. The highest BCUT2D eigenvalue weighted by Gasteiger charge is 2.19. The standard InChI is InChI=1S/C17H21F3N2O4/c1-2-9-22(14(24)5-3-4-6-15(25)26)10-13(23)21-12-8-7-11(18)16(19)17(12)20/h7-8H,2-6,9-10H2,1H3,(H,21,23)(H,25,26). The highest BCUT2D eigenvalue weighted by Crippen LogP contribution is 2.19. The molecule has 1 aromatic carbocycles. The van der Waals surface area contributed by atoms with Crippen LogP contribution >= 0.6 is 0 Å². The van der Waals surface area contributed by atoms with Gasteiger partial charge in [-0.3, -0.25) is 14.4 Å². The summed E-state index contributed by atoms with van der Waals surface area (Å²) in [7, 11) is 0. The number of hydrogen-bond donors (Lipinski definition) is 2. The van der Waals surface area contributed by atoms with Crippen LogP contribution in [0.1, 0.15) is 39.0 Å². The topological polar surface area (TPSA) is 86.7 Å². The van der Waals surface area contributed by atoms with E-state index in [0.29, 0.717) is 25.3 Å². The van der Waals surface area contributed by atoms with Gasteiger partial charge in [0.05, 0.1) is 12.2 Å². The van der Waals surface area contributed by atoms with Crippen LogP contribution in [0.4, 0.5) is 18.9 Å². The number of amides is 2. The number of anilines is 1. The zero-order valence-electron chi connectivity index (χ0n) is 14.4. The first kappa shape index (κ1) is 21.5. The molecule has 2 amide bonds. The number of unbranched alkanes of at least 4 members (excludes halogenated alkanes) is 1. The van der Waals surface area contributed by atoms with E-state index < -0.39 is 35.0 Å². The minimum Gasteiger partial charge on any atom is -0.481 e. The summed E-state index contributed by atoms with van der Waals surface area (Å²) in [5, 5.41) is 10.7. The monoisotopic (exact) mass is 374 g/mol. The minimum atomic E-state index is -1.69. The number of carbonyl (C=O) groups is 3. The molecule has 0 radical (unpaired) electrons. The number of carbonyl (C=O) groups excluding carboxylic acids is 2. The fraction of sp³-hybridized carbons (Fsp3) is 0.471. The number of rotatable bonds is 10. The molecule has 0 fully saturated rings. The molecule has 9 heteroatoms. The first-order valence-corrected chi connectivity index (χ1v) is 8.19. The minimum absolute atomic E-state index is 0.0447. The average molecular weight is 374 g/mol. The number of carboxylic acid groups (broad SMARTS) is 1. The molecule has 0 aliphatic rings. The van der Waals surface area contributed by atoms with E-state index in [1.807, 2.05) is 0 Å². The molecule has 0 atom stereocenters. The molecule has 1 rings (SSSR count). The summed E-state index contributed by atoms with van der Waals surface area (Å²) in [4.78, 5) is 35.9. The van der Waals surface area contributed by atoms with E-state index in [4.69, 9.17) is 5.11 Å². The van der Waals surface area contributed by atoms with Crippen molar-refractivity contribution in [3.8, 4) is 0 Å². The maximum absolute atomic E-state index is 13.6. The second-order valence-corrected chi connectivity index (χ2v) is 5.69. The summed E-state index contributed by atoms with van der Waals surface area (Å²) in [6.45, 7) is 1.72. The lowest BCUT2D eigenvalue weighted by Gasteiger charge is -2.21. The summed E-state index contributed by atoms with van der Waals surface area (Å²) in [6, 6.07) is 1.58. The first-order chi connectivity index (χ1) is 12.3. The van der Waals surface area contributed by atoms with Gasteiger partial charge in [0.1, 0.15) is 0 Å². The lowest BCUT2D eigenvalue weighted by molar-refractivity contribution is -0.137. The number of aliphatic carboxylic acids is 1. The van der Waals surface area contributed by atoms with Crippen LogP contribution in [0.5, 0.6) is 0 Å². The smallest absolute Gasteiger partial charge is 0.303 e. The highest BCUT2D eigenvalue weighted by molar-refractivity contribution is 5.94. The van der Waals surface area contributed by atoms with Crippen LogP contribution in [0.3, 0.4) is 0 Å². The molecule has 0 unspecified atom stereocenters. The van der Waals surface area contributed by atoms with Crippen LogP contribution in [0.15, 0.2) is 12.1 Å². The molecule has 0 aliphatic carbocycles. The third-order valence-electron chi connectivity index (χ3n) is 3.52. The Balaban J connectivity index is 2.63. The molecule has 2 N–H and O–H groups in total. The summed E-state index contributed by atoms with van der Waals surface area (Å²) in [5.41, 5.74) is -0.515. The maximum atomic E-state index is 13.6. The van der Waals surface area contributed by atoms with Gasteiger partial charge in [-0.2, -0.15) is 0 Å². The predicted molar refractivity (Wildman–Crippen MR) is 87.9 cm³/mol. The number of benzene rings is 1. The lowest BCUT2D eigenvalue weighted by atomic mass is 10.1. The van der Waals surface area contributed by atoms with E-state index in [-0.39, 0.29) is 31.8 Å². The average Bonchev–Trinajstić information content (AvgIpc) is 2.58. The molecule has 0 aromatic heterocycles. The molecule has 1 aromatic rings. The predicted octanol–water partition coefficient (Wildman–Crippen LogP) is 2.93. The molecule has 26 heavy (non-hydrogen) atoms. The summed E-state index contributed by atoms with van der Waals surface area (Å²) >= 11 is 0. The molecule has 0 saturated carbocycles. The van der Waals surface area contributed by atoms with Gasteiger partial charge >= 0.3 is 5.97 Å². The van der Waals surface area contributed by atoms with Crippen molar-refractivity contribution in [1.29, 1.82) is 0 Å². The van der Waals surface area contributed by atoms with Gasteiger partial charge in [0.15, 0.2) is 17.5 Å². The first-order valence-electron chi connectivity index (χ1n) is 8.19. The van der Waals surface area contributed by atoms with Gasteiger partial charge < -0.3 is 15.3 Å². The van der Waals surface area contributed by atoms with Gasteiger partial charge in [0.2, 0.25) is 11.8 Å². The van der Waals surface area contributed by atoms with Gasteiger partial charge in [0.25, 0.3) is 0 Å². The van der Waals surface area contributed by atoms with Crippen molar-refractivity contribution >= 4 is 23.5 Å². The Labute approximate surface area is 149 Å². The van der Waals surface area contributed by atoms with Crippen molar-refractivity contribution in [2.75, 3.05) is 18.4 Å². The molecule has 0 bridgehead atoms. The highest BCUT2D eigenvalue weighted by atomic mass is 19.2. The van der Waals surface area contributed by atoms with Crippen molar-refractivity contribution in [3.63, 3.8) is 0 Å². The van der Waals surface area contributed by atoms with E-state index in [0.717, 1.165) is 6.07 Å². The Hall–Kier alpha value is -2.58. The quantitative estimate of drug-likeness (QED) is 0.487. The Bertz CT molecular complexity index is 668. The summed E-state index contributed by atoms with van der Waals surface area (Å²) < 4.78 is 39.6. The van der Waals surface area contributed by atoms with E-state index in [1.54, 1.807) is 6.92 Å². The molecular formula is C17H21F3N2O4. The number of halogens is 3. The molecule has 0 saturated heterocycles. The van der Waals surface area contributed by atoms with E-state index in [1.165, 1.54) is 4.90 Å². The van der Waals surface area contributed by atoms with Crippen molar-refractivity contribution < 1.29 is 32.7 Å². The molecule has 6 nitrogen and oxygen atoms in total. The molecule has 0 spiro atoms. The van der Waals surface area contributed by atoms with Gasteiger partial charge in [-0.05, 0) is 31.4 Å². The lowest BCUT2D eigenvalue weighted by Crippen LogP contribution is -2.38. The summed E-state index contributed by atoms with van der Waals surface area (Å²) in [6.07, 6.45) is 1.32. The van der Waals surface area contributed by atoms with E-state index in [2.05, 4.69) is 5.32 Å². The molecular weight excluding hydrogens is 353 g/mol. The van der Waals surface area contributed by atoms with Gasteiger partial charge in [-0.1, -0.05) is 6.92 Å². The van der Waals surface area contributed by atoms with E-state index >= 15 is 0 Å². The normalized spacial score (nSPS) is 10.5. The Morgan fingerprint density at radius 2 is 1.73 bits per heavy atom. The van der Waals surface area contributed by atoms with Crippen LogP contribution < -0.4 is 5.32 Å². The third kappa shape index (κ3) is 6.73. The number of hydrogen-bond acceptors (Lipinski definition) is 3. The van der Waals surface area contributed by atoms with Gasteiger partial charge in [-0.15, -0.1) is 0 Å². The van der Waals surface area contributed by atoms with Crippen molar-refractivity contribution in [2.45, 2.75) is 39.0 Å². The van der Waals surface area contributed by atoms with Crippen molar-refractivity contribution in [3.05, 3.63) is 29.6 Å². The zero-order chi connectivity index (χ0) is 19.7. The SMILES string of the molecule is CCCN(CC(=O)Nc1ccc(F)c(F)c1F)C(=O)CCCCC(=O)O. The Kier molecular flexibility index (Phi) is 8.60. The number of nitrogens with zero attached hydrogens (tertiary/aromatic N) is 1. The fourth-order valence-corrected chi connectivity index (χ4v) is 2.26. The molecule has 0 aliphatic heterocycles. The maximum Gasteiger partial charge on any atom is 0.303 e. The van der Waals surface area contributed by atoms with Gasteiger partial charge in [-0.25, -0.2) is 13.2 Å². The van der Waals surface area contributed by atoms with Crippen LogP contribution in [-0.4, -0.2) is 40.9 Å². The number of nitrogens with one attached hydrogen (secondary N) is 1. The van der Waals surface area contributed by atoms with Crippen LogP contribution in [-0.2, 0) is 14.4 Å². The van der Waals surface area contributed by atoms with Gasteiger partial charge in [0, 0.05) is 19.4 Å². The molecule has 0 heterocycles.